The zero-order valence-electron chi connectivity index (χ0n) is 18.2. The lowest BCUT2D eigenvalue weighted by Gasteiger charge is -2.28. The van der Waals surface area contributed by atoms with Crippen molar-refractivity contribution < 1.29 is 14.5 Å². The summed E-state index contributed by atoms with van der Waals surface area (Å²) in [4.78, 5) is 29.2. The second-order valence-electron chi connectivity index (χ2n) is 8.37. The first-order chi connectivity index (χ1) is 14.9. The minimum atomic E-state index is -1.21. The molecule has 0 aromatic heterocycles. The molecule has 5 heteroatoms. The molecule has 0 bridgehead atoms. The predicted molar refractivity (Wildman–Crippen MR) is 120 cm³/mol. The Balaban J connectivity index is 1.63. The smallest absolute Gasteiger partial charge is 0.316 e. The molecule has 5 nitrogen and oxygen atoms in total. The number of carbonyl (C=O) groups is 2. The van der Waals surface area contributed by atoms with Gasteiger partial charge in [-0.15, -0.1) is 0 Å². The van der Waals surface area contributed by atoms with Crippen LogP contribution in [-0.4, -0.2) is 30.6 Å². The van der Waals surface area contributed by atoms with Gasteiger partial charge in [-0.05, 0) is 30.5 Å². The second-order valence-corrected chi connectivity index (χ2v) is 8.37. The van der Waals surface area contributed by atoms with Crippen LogP contribution in [0.1, 0.15) is 27.8 Å². The lowest BCUT2D eigenvalue weighted by molar-refractivity contribution is -0.901. The van der Waals surface area contributed by atoms with Gasteiger partial charge in [0, 0.05) is 5.56 Å². The van der Waals surface area contributed by atoms with Gasteiger partial charge < -0.3 is 10.2 Å². The van der Waals surface area contributed by atoms with Crippen molar-refractivity contribution in [2.45, 2.75) is 25.9 Å². The van der Waals surface area contributed by atoms with Crippen LogP contribution in [-0.2, 0) is 16.9 Å². The number of quaternary nitrogens is 1. The van der Waals surface area contributed by atoms with Crippen LogP contribution in [0.15, 0.2) is 78.9 Å². The molecule has 3 amide bonds. The van der Waals surface area contributed by atoms with Crippen molar-refractivity contribution in [1.29, 1.82) is 0 Å². The summed E-state index contributed by atoms with van der Waals surface area (Å²) in [7, 11) is 2.00. The number of nitrogens with zero attached hydrogens (tertiary/aromatic N) is 1. The molecule has 2 N–H and O–H groups in total. The molecule has 3 aromatic rings. The molecule has 3 aromatic carbocycles. The van der Waals surface area contributed by atoms with Crippen LogP contribution in [0.2, 0.25) is 0 Å². The van der Waals surface area contributed by atoms with Gasteiger partial charge in [-0.3, -0.25) is 4.79 Å². The van der Waals surface area contributed by atoms with Gasteiger partial charge in [0.25, 0.3) is 5.91 Å². The fraction of sp³-hybridized carbons (Fsp3) is 0.231. The lowest BCUT2D eigenvalue weighted by Crippen LogP contribution is -3.09. The van der Waals surface area contributed by atoms with Gasteiger partial charge >= 0.3 is 6.03 Å². The first-order valence-electron chi connectivity index (χ1n) is 10.5. The summed E-state index contributed by atoms with van der Waals surface area (Å²) >= 11 is 0. The molecule has 0 spiro atoms. The van der Waals surface area contributed by atoms with E-state index in [2.05, 4.69) is 37.4 Å². The maximum atomic E-state index is 13.8. The van der Waals surface area contributed by atoms with Crippen molar-refractivity contribution in [3.63, 3.8) is 0 Å². The number of amides is 3. The molecule has 1 unspecified atom stereocenters. The number of carbonyl (C=O) groups excluding carboxylic acids is 2. The van der Waals surface area contributed by atoms with Crippen LogP contribution in [0, 0.1) is 13.8 Å². The summed E-state index contributed by atoms with van der Waals surface area (Å²) in [6.07, 6.45) is 0. The van der Waals surface area contributed by atoms with Gasteiger partial charge in [0.1, 0.15) is 6.54 Å². The molecule has 4 rings (SSSR count). The molecule has 158 valence electrons. The summed E-state index contributed by atoms with van der Waals surface area (Å²) < 4.78 is 0. The number of rotatable bonds is 6. The van der Waals surface area contributed by atoms with E-state index in [1.165, 1.54) is 21.6 Å². The molecule has 0 radical (unpaired) electrons. The molecule has 1 heterocycles. The van der Waals surface area contributed by atoms with E-state index in [0.717, 1.165) is 22.6 Å². The highest BCUT2D eigenvalue weighted by molar-refractivity contribution is 6.09. The van der Waals surface area contributed by atoms with E-state index >= 15 is 0 Å². The summed E-state index contributed by atoms with van der Waals surface area (Å²) in [5, 5.41) is 3.01. The lowest BCUT2D eigenvalue weighted by atomic mass is 9.83. The SMILES string of the molecule is Cc1ccc(C[NH+](C)CN2C(=O)NC(c3ccccc3)(c3ccccc3)C2=O)c(C)c1. The van der Waals surface area contributed by atoms with E-state index in [1.54, 1.807) is 0 Å². The number of hydrogen-bond donors (Lipinski definition) is 2. The van der Waals surface area contributed by atoms with Crippen molar-refractivity contribution in [1.82, 2.24) is 10.2 Å². The molecular weight excluding hydrogens is 386 g/mol. The number of hydrogen-bond acceptors (Lipinski definition) is 2. The first-order valence-corrected chi connectivity index (χ1v) is 10.5. The molecule has 1 fully saturated rings. The Morgan fingerprint density at radius 1 is 0.871 bits per heavy atom. The molecule has 1 saturated heterocycles. The van der Waals surface area contributed by atoms with Gasteiger partial charge in [-0.2, -0.15) is 0 Å². The van der Waals surface area contributed by atoms with Crippen LogP contribution in [0.4, 0.5) is 4.79 Å². The number of benzene rings is 3. The zero-order chi connectivity index (χ0) is 22.0. The van der Waals surface area contributed by atoms with Crippen molar-refractivity contribution in [3.05, 3.63) is 107 Å². The van der Waals surface area contributed by atoms with E-state index in [-0.39, 0.29) is 11.9 Å². The Kier molecular flexibility index (Phi) is 5.61. The maximum absolute atomic E-state index is 13.8. The van der Waals surface area contributed by atoms with Crippen LogP contribution < -0.4 is 10.2 Å². The summed E-state index contributed by atoms with van der Waals surface area (Å²) in [6.45, 7) is 5.19. The second kappa shape index (κ2) is 8.36. The van der Waals surface area contributed by atoms with Crippen molar-refractivity contribution in [2.75, 3.05) is 13.7 Å². The molecule has 0 saturated carbocycles. The zero-order valence-corrected chi connectivity index (χ0v) is 18.2. The third-order valence-electron chi connectivity index (χ3n) is 5.94. The molecule has 1 aliphatic heterocycles. The van der Waals surface area contributed by atoms with E-state index in [1.807, 2.05) is 67.7 Å². The normalized spacial score (nSPS) is 16.3. The number of urea groups is 1. The van der Waals surface area contributed by atoms with Crippen LogP contribution in [0.5, 0.6) is 0 Å². The third-order valence-corrected chi connectivity index (χ3v) is 5.94. The van der Waals surface area contributed by atoms with Gasteiger partial charge in [0.15, 0.2) is 12.2 Å². The summed E-state index contributed by atoms with van der Waals surface area (Å²) in [6, 6.07) is 24.9. The van der Waals surface area contributed by atoms with Crippen molar-refractivity contribution >= 4 is 11.9 Å². The summed E-state index contributed by atoms with van der Waals surface area (Å²) in [5.41, 5.74) is 3.97. The van der Waals surface area contributed by atoms with Crippen LogP contribution in [0.3, 0.4) is 0 Å². The molecule has 31 heavy (non-hydrogen) atoms. The monoisotopic (exact) mass is 414 g/mol. The van der Waals surface area contributed by atoms with Gasteiger partial charge in [0.05, 0.1) is 7.05 Å². The molecule has 0 aliphatic carbocycles. The average molecular weight is 415 g/mol. The van der Waals surface area contributed by atoms with Crippen molar-refractivity contribution in [2.24, 2.45) is 0 Å². The molecule has 1 aliphatic rings. The highest BCUT2D eigenvalue weighted by atomic mass is 16.2. The Morgan fingerprint density at radius 2 is 1.45 bits per heavy atom. The Bertz CT molecular complexity index is 1060. The van der Waals surface area contributed by atoms with Crippen LogP contribution >= 0.6 is 0 Å². The van der Waals surface area contributed by atoms with Gasteiger partial charge in [0.2, 0.25) is 0 Å². The topological polar surface area (TPSA) is 53.9 Å². The minimum Gasteiger partial charge on any atom is -0.316 e. The van der Waals surface area contributed by atoms with Gasteiger partial charge in [-0.25, -0.2) is 9.69 Å². The average Bonchev–Trinajstić information content (AvgIpc) is 3.02. The largest absolute Gasteiger partial charge is 0.330 e. The van der Waals surface area contributed by atoms with Crippen molar-refractivity contribution in [3.8, 4) is 0 Å². The fourth-order valence-electron chi connectivity index (χ4n) is 4.35. The fourth-order valence-corrected chi connectivity index (χ4v) is 4.35. The van der Waals surface area contributed by atoms with E-state index in [4.69, 9.17) is 0 Å². The molecule has 1 atom stereocenters. The Hall–Kier alpha value is -3.44. The number of imide groups is 1. The van der Waals surface area contributed by atoms with E-state index in [9.17, 15) is 9.59 Å². The standard InChI is InChI=1S/C26H27N3O2/c1-19-14-15-21(20(2)16-19)17-28(3)18-29-24(30)26(27-25(29)31,22-10-6-4-7-11-22)23-12-8-5-9-13-23/h4-16H,17-18H2,1-3H3,(H,27,31)/p+1. The summed E-state index contributed by atoms with van der Waals surface area (Å²) in [5.74, 6) is -0.241. The Labute approximate surface area is 183 Å². The molecular formula is C26H28N3O2+. The maximum Gasteiger partial charge on any atom is 0.330 e. The first kappa shape index (κ1) is 20.8. The van der Waals surface area contributed by atoms with Gasteiger partial charge in [-0.1, -0.05) is 84.4 Å². The Morgan fingerprint density at radius 3 is 2.00 bits per heavy atom. The third kappa shape index (κ3) is 3.84. The highest BCUT2D eigenvalue weighted by Gasteiger charge is 2.54. The highest BCUT2D eigenvalue weighted by Crippen LogP contribution is 2.35. The predicted octanol–water partition coefficient (Wildman–Crippen LogP) is 2.77. The minimum absolute atomic E-state index is 0.241. The van der Waals surface area contributed by atoms with Crippen LogP contribution in [0.25, 0.3) is 0 Å². The number of nitrogens with one attached hydrogen (secondary N) is 2. The van der Waals surface area contributed by atoms with E-state index < -0.39 is 5.54 Å². The number of aryl methyl sites for hydroxylation is 2. The quantitative estimate of drug-likeness (QED) is 0.610. The van der Waals surface area contributed by atoms with E-state index in [0.29, 0.717) is 6.67 Å².